The quantitative estimate of drug-likeness (QED) is 0.732. The fourth-order valence-electron chi connectivity index (χ4n) is 2.66. The number of primary sulfonamides is 1. The van der Waals surface area contributed by atoms with Crippen LogP contribution in [0.15, 0.2) is 24.5 Å². The van der Waals surface area contributed by atoms with Crippen LogP contribution in [-0.2, 0) is 21.2 Å². The van der Waals surface area contributed by atoms with Crippen molar-refractivity contribution in [1.82, 2.24) is 9.88 Å². The van der Waals surface area contributed by atoms with Gasteiger partial charge in [0.15, 0.2) is 0 Å². The van der Waals surface area contributed by atoms with Crippen LogP contribution in [0.2, 0.25) is 0 Å². The number of aliphatic hydroxyl groups excluding tert-OH is 1. The number of rotatable bonds is 6. The van der Waals surface area contributed by atoms with Gasteiger partial charge in [0, 0.05) is 37.8 Å². The van der Waals surface area contributed by atoms with E-state index in [0.29, 0.717) is 19.5 Å². The summed E-state index contributed by atoms with van der Waals surface area (Å²) in [5.74, 6) is -0.347. The minimum atomic E-state index is -3.53. The predicted octanol–water partition coefficient (Wildman–Crippen LogP) is -0.488. The average molecular weight is 327 g/mol. The van der Waals surface area contributed by atoms with Crippen molar-refractivity contribution in [2.24, 2.45) is 11.1 Å². The molecule has 1 fully saturated rings. The highest BCUT2D eigenvalue weighted by molar-refractivity contribution is 7.89. The summed E-state index contributed by atoms with van der Waals surface area (Å²) >= 11 is 0. The molecule has 0 unspecified atom stereocenters. The Hall–Kier alpha value is -1.51. The Kier molecular flexibility index (Phi) is 5.49. The molecule has 0 bridgehead atoms. The van der Waals surface area contributed by atoms with Gasteiger partial charge < -0.3 is 10.0 Å². The van der Waals surface area contributed by atoms with Crippen LogP contribution < -0.4 is 5.14 Å². The Bertz CT molecular complexity index is 606. The lowest BCUT2D eigenvalue weighted by atomic mass is 9.97. The SMILES string of the molecule is NS(=O)(=O)CCCC(=O)N1C[C@@H](Cc2ccncc2)[C@@H](O)C1. The molecule has 0 saturated carbocycles. The predicted molar refractivity (Wildman–Crippen MR) is 81.2 cm³/mol. The molecule has 22 heavy (non-hydrogen) atoms. The van der Waals surface area contributed by atoms with Gasteiger partial charge in [-0.15, -0.1) is 0 Å². The first-order chi connectivity index (χ1) is 10.3. The Labute approximate surface area is 130 Å². The molecule has 3 N–H and O–H groups in total. The number of nitrogens with zero attached hydrogens (tertiary/aromatic N) is 2. The maximum absolute atomic E-state index is 12.0. The highest BCUT2D eigenvalue weighted by atomic mass is 32.2. The summed E-state index contributed by atoms with van der Waals surface area (Å²) in [6.07, 6.45) is 3.87. The Balaban J connectivity index is 1.83. The maximum atomic E-state index is 12.0. The lowest BCUT2D eigenvalue weighted by molar-refractivity contribution is -0.130. The topological polar surface area (TPSA) is 114 Å². The van der Waals surface area contributed by atoms with Gasteiger partial charge in [-0.2, -0.15) is 0 Å². The molecule has 2 atom stereocenters. The van der Waals surface area contributed by atoms with Gasteiger partial charge in [-0.25, -0.2) is 13.6 Å². The zero-order chi connectivity index (χ0) is 16.2. The number of sulfonamides is 1. The number of hydrogen-bond acceptors (Lipinski definition) is 5. The molecule has 8 heteroatoms. The van der Waals surface area contributed by atoms with Gasteiger partial charge >= 0.3 is 0 Å². The van der Waals surface area contributed by atoms with Gasteiger partial charge in [0.05, 0.1) is 11.9 Å². The molecular formula is C14H21N3O4S. The van der Waals surface area contributed by atoms with Gasteiger partial charge in [-0.05, 0) is 30.5 Å². The minimum Gasteiger partial charge on any atom is -0.391 e. The third-order valence-electron chi connectivity index (χ3n) is 3.83. The molecule has 1 amide bonds. The fourth-order valence-corrected chi connectivity index (χ4v) is 3.21. The molecule has 1 aromatic heterocycles. The van der Waals surface area contributed by atoms with Crippen LogP contribution in [0.3, 0.4) is 0 Å². The molecule has 1 aliphatic rings. The zero-order valence-electron chi connectivity index (χ0n) is 12.3. The second kappa shape index (κ2) is 7.17. The van der Waals surface area contributed by atoms with Crippen molar-refractivity contribution in [1.29, 1.82) is 0 Å². The van der Waals surface area contributed by atoms with E-state index < -0.39 is 16.1 Å². The first-order valence-corrected chi connectivity index (χ1v) is 8.92. The van der Waals surface area contributed by atoms with E-state index in [1.54, 1.807) is 17.3 Å². The van der Waals surface area contributed by atoms with E-state index in [-0.39, 0.29) is 30.4 Å². The molecule has 1 aromatic rings. The summed E-state index contributed by atoms with van der Waals surface area (Å²) in [6.45, 7) is 0.779. The third kappa shape index (κ3) is 5.04. The van der Waals surface area contributed by atoms with Gasteiger partial charge in [0.2, 0.25) is 15.9 Å². The molecule has 1 saturated heterocycles. The van der Waals surface area contributed by atoms with E-state index in [0.717, 1.165) is 5.56 Å². The molecule has 2 rings (SSSR count). The molecule has 1 aliphatic heterocycles. The fraction of sp³-hybridized carbons (Fsp3) is 0.571. The van der Waals surface area contributed by atoms with E-state index in [9.17, 15) is 18.3 Å². The van der Waals surface area contributed by atoms with E-state index in [1.807, 2.05) is 12.1 Å². The standard InChI is InChI=1S/C14H21N3O4S/c15-22(20,21)7-1-2-14(19)17-9-12(13(18)10-17)8-11-3-5-16-6-4-11/h3-6,12-13,18H,1-2,7-10H2,(H2,15,20,21)/t12-,13+/m1/s1. The van der Waals surface area contributed by atoms with E-state index >= 15 is 0 Å². The van der Waals surface area contributed by atoms with Crippen molar-refractivity contribution in [2.45, 2.75) is 25.4 Å². The van der Waals surface area contributed by atoms with Gasteiger partial charge in [-0.3, -0.25) is 9.78 Å². The number of amides is 1. The van der Waals surface area contributed by atoms with E-state index in [1.165, 1.54) is 0 Å². The van der Waals surface area contributed by atoms with Gasteiger partial charge in [0.1, 0.15) is 0 Å². The Morgan fingerprint density at radius 1 is 1.36 bits per heavy atom. The average Bonchev–Trinajstić information content (AvgIpc) is 2.80. The van der Waals surface area contributed by atoms with Crippen molar-refractivity contribution >= 4 is 15.9 Å². The molecule has 0 aliphatic carbocycles. The highest BCUT2D eigenvalue weighted by Crippen LogP contribution is 2.22. The summed E-state index contributed by atoms with van der Waals surface area (Å²) < 4.78 is 21.7. The molecule has 2 heterocycles. The third-order valence-corrected chi connectivity index (χ3v) is 4.68. The van der Waals surface area contributed by atoms with Gasteiger partial charge in [-0.1, -0.05) is 0 Å². The smallest absolute Gasteiger partial charge is 0.222 e. The maximum Gasteiger partial charge on any atom is 0.222 e. The van der Waals surface area contributed by atoms with Crippen LogP contribution in [0.25, 0.3) is 0 Å². The Morgan fingerprint density at radius 2 is 2.05 bits per heavy atom. The van der Waals surface area contributed by atoms with E-state index in [2.05, 4.69) is 4.98 Å². The molecule has 0 spiro atoms. The summed E-state index contributed by atoms with van der Waals surface area (Å²) in [4.78, 5) is 17.6. The Morgan fingerprint density at radius 3 is 2.68 bits per heavy atom. The van der Waals surface area contributed by atoms with Crippen molar-refractivity contribution in [3.05, 3.63) is 30.1 Å². The van der Waals surface area contributed by atoms with Crippen LogP contribution in [0, 0.1) is 5.92 Å². The number of β-amino-alcohol motifs (C(OH)–C–C–N with tert-alkyl or cyclic N) is 1. The largest absolute Gasteiger partial charge is 0.391 e. The number of hydrogen-bond donors (Lipinski definition) is 2. The van der Waals surface area contributed by atoms with Crippen LogP contribution >= 0.6 is 0 Å². The number of aromatic nitrogens is 1. The van der Waals surface area contributed by atoms with Crippen molar-refractivity contribution < 1.29 is 18.3 Å². The number of pyridine rings is 1. The second-order valence-electron chi connectivity index (χ2n) is 5.66. The number of likely N-dealkylation sites (tertiary alicyclic amines) is 1. The summed E-state index contributed by atoms with van der Waals surface area (Å²) in [7, 11) is -3.53. The van der Waals surface area contributed by atoms with Crippen molar-refractivity contribution in [3.63, 3.8) is 0 Å². The van der Waals surface area contributed by atoms with Gasteiger partial charge in [0.25, 0.3) is 0 Å². The molecule has 0 aromatic carbocycles. The minimum absolute atomic E-state index is 0.00964. The van der Waals surface area contributed by atoms with Crippen LogP contribution in [0.4, 0.5) is 0 Å². The highest BCUT2D eigenvalue weighted by Gasteiger charge is 2.33. The molecule has 0 radical (unpaired) electrons. The molecule has 7 nitrogen and oxygen atoms in total. The summed E-state index contributed by atoms with van der Waals surface area (Å²) in [6, 6.07) is 3.78. The normalized spacial score (nSPS) is 22.0. The van der Waals surface area contributed by atoms with Crippen LogP contribution in [0.5, 0.6) is 0 Å². The number of carbonyl (C=O) groups excluding carboxylic acids is 1. The zero-order valence-corrected chi connectivity index (χ0v) is 13.1. The van der Waals surface area contributed by atoms with Crippen molar-refractivity contribution in [2.75, 3.05) is 18.8 Å². The van der Waals surface area contributed by atoms with Crippen LogP contribution in [-0.4, -0.2) is 54.3 Å². The van der Waals surface area contributed by atoms with E-state index in [4.69, 9.17) is 5.14 Å². The second-order valence-corrected chi connectivity index (χ2v) is 7.39. The first kappa shape index (κ1) is 16.9. The number of carbonyl (C=O) groups is 1. The van der Waals surface area contributed by atoms with Crippen LogP contribution in [0.1, 0.15) is 18.4 Å². The lowest BCUT2D eigenvalue weighted by Gasteiger charge is -2.16. The lowest BCUT2D eigenvalue weighted by Crippen LogP contribution is -2.30. The number of nitrogens with two attached hydrogens (primary N) is 1. The van der Waals surface area contributed by atoms with Crippen molar-refractivity contribution in [3.8, 4) is 0 Å². The first-order valence-electron chi connectivity index (χ1n) is 7.20. The summed E-state index contributed by atoms with van der Waals surface area (Å²) in [5.41, 5.74) is 1.07. The monoisotopic (exact) mass is 327 g/mol. The molecule has 122 valence electrons. The summed E-state index contributed by atoms with van der Waals surface area (Å²) in [5, 5.41) is 15.0. The molecular weight excluding hydrogens is 306 g/mol. The number of aliphatic hydroxyl groups is 1.